The SMILES string of the molecule is CCC(CS(=O)(=O)CCCOCC(C)(C)C)c1ccc(F)c(OCC2CC2)c1. The van der Waals surface area contributed by atoms with Gasteiger partial charge in [-0.05, 0) is 60.6 Å². The quantitative estimate of drug-likeness (QED) is 0.453. The minimum Gasteiger partial charge on any atom is -0.490 e. The van der Waals surface area contributed by atoms with Gasteiger partial charge in [0, 0.05) is 6.61 Å². The summed E-state index contributed by atoms with van der Waals surface area (Å²) in [5, 5.41) is 0. The van der Waals surface area contributed by atoms with E-state index >= 15 is 0 Å². The van der Waals surface area contributed by atoms with Gasteiger partial charge in [-0.25, -0.2) is 12.8 Å². The lowest BCUT2D eigenvalue weighted by Crippen LogP contribution is -2.20. The highest BCUT2D eigenvalue weighted by Crippen LogP contribution is 2.32. The Morgan fingerprint density at radius 3 is 2.57 bits per heavy atom. The van der Waals surface area contributed by atoms with Crippen molar-refractivity contribution < 1.29 is 22.3 Å². The maximum Gasteiger partial charge on any atom is 0.165 e. The molecule has 1 aromatic carbocycles. The largest absolute Gasteiger partial charge is 0.490 e. The molecule has 0 heterocycles. The molecule has 1 saturated carbocycles. The maximum atomic E-state index is 14.0. The fraction of sp³-hybridized carbons (Fsp3) is 0.727. The van der Waals surface area contributed by atoms with Gasteiger partial charge in [0.05, 0.1) is 24.7 Å². The lowest BCUT2D eigenvalue weighted by molar-refractivity contribution is 0.0720. The molecule has 6 heteroatoms. The molecule has 0 radical (unpaired) electrons. The standard InChI is InChI=1S/C22H35FO4S/c1-5-18(15-28(24,25)12-6-11-26-16-22(2,3)4)19-9-10-20(23)21(13-19)27-14-17-7-8-17/h9-10,13,17-18H,5-8,11-12,14-16H2,1-4H3. The zero-order valence-electron chi connectivity index (χ0n) is 17.7. The molecule has 1 aliphatic rings. The van der Waals surface area contributed by atoms with E-state index in [1.54, 1.807) is 12.1 Å². The topological polar surface area (TPSA) is 52.6 Å². The zero-order valence-corrected chi connectivity index (χ0v) is 18.5. The number of ether oxygens (including phenoxy) is 2. The molecule has 1 atom stereocenters. The molecule has 0 N–H and O–H groups in total. The third-order valence-electron chi connectivity index (χ3n) is 4.83. The average molecular weight is 415 g/mol. The number of halogens is 1. The molecule has 1 aromatic rings. The van der Waals surface area contributed by atoms with Crippen LogP contribution in [0.25, 0.3) is 0 Å². The van der Waals surface area contributed by atoms with E-state index in [9.17, 15) is 12.8 Å². The number of hydrogen-bond acceptors (Lipinski definition) is 4. The molecule has 0 amide bonds. The second-order valence-corrected chi connectivity index (χ2v) is 11.4. The number of hydrogen-bond donors (Lipinski definition) is 0. The summed E-state index contributed by atoms with van der Waals surface area (Å²) < 4.78 is 50.3. The van der Waals surface area contributed by atoms with Gasteiger partial charge in [0.1, 0.15) is 0 Å². The van der Waals surface area contributed by atoms with Crippen LogP contribution in [0.2, 0.25) is 0 Å². The van der Waals surface area contributed by atoms with Crippen LogP contribution in [-0.2, 0) is 14.6 Å². The summed E-state index contributed by atoms with van der Waals surface area (Å²) in [7, 11) is -3.21. The zero-order chi connectivity index (χ0) is 20.8. The van der Waals surface area contributed by atoms with E-state index in [0.29, 0.717) is 38.6 Å². The summed E-state index contributed by atoms with van der Waals surface area (Å²) in [4.78, 5) is 0. The van der Waals surface area contributed by atoms with Gasteiger partial charge in [0.15, 0.2) is 21.4 Å². The van der Waals surface area contributed by atoms with Gasteiger partial charge in [-0.15, -0.1) is 0 Å². The lowest BCUT2D eigenvalue weighted by Gasteiger charge is -2.19. The molecule has 1 unspecified atom stereocenters. The second-order valence-electron chi connectivity index (χ2n) is 9.13. The van der Waals surface area contributed by atoms with Crippen LogP contribution in [0.15, 0.2) is 18.2 Å². The molecule has 1 fully saturated rings. The predicted molar refractivity (Wildman–Crippen MR) is 111 cm³/mol. The molecule has 1 aliphatic carbocycles. The molecule has 0 aliphatic heterocycles. The van der Waals surface area contributed by atoms with Gasteiger partial charge in [0.2, 0.25) is 0 Å². The predicted octanol–water partition coefficient (Wildman–Crippen LogP) is 4.98. The van der Waals surface area contributed by atoms with Gasteiger partial charge < -0.3 is 9.47 Å². The average Bonchev–Trinajstić information content (AvgIpc) is 3.42. The monoisotopic (exact) mass is 414 g/mol. The normalized spacial score (nSPS) is 16.2. The van der Waals surface area contributed by atoms with Crippen LogP contribution >= 0.6 is 0 Å². The van der Waals surface area contributed by atoms with Crippen LogP contribution in [0.3, 0.4) is 0 Å². The van der Waals surface area contributed by atoms with E-state index < -0.39 is 15.7 Å². The van der Waals surface area contributed by atoms with Crippen molar-refractivity contribution in [3.63, 3.8) is 0 Å². The van der Waals surface area contributed by atoms with Crippen LogP contribution in [0.5, 0.6) is 5.75 Å². The van der Waals surface area contributed by atoms with Crippen LogP contribution in [-0.4, -0.2) is 39.7 Å². The summed E-state index contributed by atoms with van der Waals surface area (Å²) in [5.41, 5.74) is 0.899. The lowest BCUT2D eigenvalue weighted by atomic mass is 9.98. The van der Waals surface area contributed by atoms with Crippen molar-refractivity contribution in [2.24, 2.45) is 11.3 Å². The van der Waals surface area contributed by atoms with Crippen LogP contribution in [0.4, 0.5) is 4.39 Å². The van der Waals surface area contributed by atoms with Crippen LogP contribution in [0, 0.1) is 17.2 Å². The molecule has 0 aromatic heterocycles. The second kappa shape index (κ2) is 10.1. The Kier molecular flexibility index (Phi) is 8.31. The van der Waals surface area contributed by atoms with Gasteiger partial charge >= 0.3 is 0 Å². The van der Waals surface area contributed by atoms with Gasteiger partial charge in [-0.2, -0.15) is 0 Å². The van der Waals surface area contributed by atoms with E-state index in [4.69, 9.17) is 9.47 Å². The Labute approximate surface area is 169 Å². The van der Waals surface area contributed by atoms with Crippen molar-refractivity contribution >= 4 is 9.84 Å². The first-order chi connectivity index (χ1) is 13.1. The minimum absolute atomic E-state index is 0.0659. The Morgan fingerprint density at radius 1 is 1.25 bits per heavy atom. The third kappa shape index (κ3) is 8.48. The molecule has 4 nitrogen and oxygen atoms in total. The van der Waals surface area contributed by atoms with E-state index in [-0.39, 0.29) is 28.6 Å². The molecule has 0 spiro atoms. The molecule has 0 saturated heterocycles. The highest BCUT2D eigenvalue weighted by molar-refractivity contribution is 7.91. The van der Waals surface area contributed by atoms with Crippen molar-refractivity contribution in [2.75, 3.05) is 31.3 Å². The summed E-state index contributed by atoms with van der Waals surface area (Å²) in [6.45, 7) is 9.81. The Hall–Kier alpha value is -1.14. The fourth-order valence-electron chi connectivity index (χ4n) is 2.98. The van der Waals surface area contributed by atoms with Crippen LogP contribution in [0.1, 0.15) is 64.9 Å². The van der Waals surface area contributed by atoms with Gasteiger partial charge in [-0.1, -0.05) is 33.8 Å². The number of sulfone groups is 1. The first-order valence-electron chi connectivity index (χ1n) is 10.3. The highest BCUT2D eigenvalue weighted by Gasteiger charge is 2.24. The summed E-state index contributed by atoms with van der Waals surface area (Å²) >= 11 is 0. The third-order valence-corrected chi connectivity index (χ3v) is 6.65. The Bertz CT molecular complexity index is 721. The number of rotatable bonds is 12. The van der Waals surface area contributed by atoms with E-state index in [0.717, 1.165) is 18.4 Å². The molecule has 2 rings (SSSR count). The van der Waals surface area contributed by atoms with Crippen molar-refractivity contribution in [1.82, 2.24) is 0 Å². The van der Waals surface area contributed by atoms with Gasteiger partial charge in [-0.3, -0.25) is 0 Å². The Balaban J connectivity index is 1.89. The van der Waals surface area contributed by atoms with Gasteiger partial charge in [0.25, 0.3) is 0 Å². The Morgan fingerprint density at radius 2 is 1.96 bits per heavy atom. The first-order valence-corrected chi connectivity index (χ1v) is 12.1. The van der Waals surface area contributed by atoms with E-state index in [2.05, 4.69) is 20.8 Å². The van der Waals surface area contributed by atoms with Crippen LogP contribution < -0.4 is 4.74 Å². The minimum atomic E-state index is -3.21. The van der Waals surface area contributed by atoms with E-state index in [1.165, 1.54) is 6.07 Å². The fourth-order valence-corrected chi connectivity index (χ4v) is 4.74. The highest BCUT2D eigenvalue weighted by atomic mass is 32.2. The molecular formula is C22H35FO4S. The van der Waals surface area contributed by atoms with E-state index in [1.807, 2.05) is 6.92 Å². The molecular weight excluding hydrogens is 379 g/mol. The number of benzene rings is 1. The summed E-state index contributed by atoms with van der Waals surface area (Å²) in [6, 6.07) is 4.73. The van der Waals surface area contributed by atoms with Crippen molar-refractivity contribution in [3.05, 3.63) is 29.6 Å². The smallest absolute Gasteiger partial charge is 0.165 e. The maximum absolute atomic E-state index is 14.0. The van der Waals surface area contributed by atoms with Crippen molar-refractivity contribution in [3.8, 4) is 5.75 Å². The summed E-state index contributed by atoms with van der Waals surface area (Å²) in [5.74, 6) is 0.389. The van der Waals surface area contributed by atoms with Crippen molar-refractivity contribution in [1.29, 1.82) is 0 Å². The van der Waals surface area contributed by atoms with Crippen molar-refractivity contribution in [2.45, 2.75) is 59.3 Å². The molecule has 28 heavy (non-hydrogen) atoms. The molecule has 160 valence electrons. The summed E-state index contributed by atoms with van der Waals surface area (Å²) in [6.07, 6.45) is 3.44. The first kappa shape index (κ1) is 23.1. The molecule has 0 bridgehead atoms.